The maximum absolute atomic E-state index is 13.2. The maximum Gasteiger partial charge on any atom is 0.236 e. The van der Waals surface area contributed by atoms with E-state index in [1.165, 1.54) is 17.0 Å². The van der Waals surface area contributed by atoms with E-state index >= 15 is 0 Å². The largest absolute Gasteiger partial charge is 0.277 e. The predicted octanol–water partition coefficient (Wildman–Crippen LogP) is 4.35. The van der Waals surface area contributed by atoms with Gasteiger partial charge in [0.25, 0.3) is 0 Å². The molecule has 1 aliphatic heterocycles. The number of carbonyl (C=O) groups is 1. The van der Waals surface area contributed by atoms with Crippen molar-refractivity contribution in [3.8, 4) is 0 Å². The summed E-state index contributed by atoms with van der Waals surface area (Å²) in [5.41, 5.74) is 1.71. The van der Waals surface area contributed by atoms with Crippen LogP contribution in [0.5, 0.6) is 0 Å². The summed E-state index contributed by atoms with van der Waals surface area (Å²) in [4.78, 5) is 13.6. The minimum Gasteiger partial charge on any atom is -0.277 e. The van der Waals surface area contributed by atoms with E-state index in [0.29, 0.717) is 27.0 Å². The number of para-hydroxylation sites is 1. The van der Waals surface area contributed by atoms with Crippen molar-refractivity contribution in [3.05, 3.63) is 57.8 Å². The third-order valence-electron chi connectivity index (χ3n) is 3.03. The standard InChI is InChI=1S/C14H8Cl2FNO/c15-10-2-1-3-11(16)14(10)18-12-5-4-9(17)6-8(12)7-13(18)19/h1-6H,7H2. The van der Waals surface area contributed by atoms with Crippen LogP contribution >= 0.6 is 23.2 Å². The van der Waals surface area contributed by atoms with Gasteiger partial charge in [-0.15, -0.1) is 0 Å². The number of benzene rings is 2. The van der Waals surface area contributed by atoms with E-state index in [0.717, 1.165) is 0 Å². The van der Waals surface area contributed by atoms with Crippen molar-refractivity contribution in [1.82, 2.24) is 0 Å². The highest BCUT2D eigenvalue weighted by atomic mass is 35.5. The van der Waals surface area contributed by atoms with Crippen LogP contribution in [0.3, 0.4) is 0 Å². The summed E-state index contributed by atoms with van der Waals surface area (Å²) in [6, 6.07) is 9.28. The third kappa shape index (κ3) is 1.99. The first-order valence-corrected chi connectivity index (χ1v) is 6.39. The SMILES string of the molecule is O=C1Cc2cc(F)ccc2N1c1c(Cl)cccc1Cl. The number of anilines is 2. The number of amides is 1. The van der Waals surface area contributed by atoms with Crippen LogP contribution < -0.4 is 4.90 Å². The van der Waals surface area contributed by atoms with Gasteiger partial charge >= 0.3 is 0 Å². The van der Waals surface area contributed by atoms with E-state index < -0.39 is 0 Å². The lowest BCUT2D eigenvalue weighted by molar-refractivity contribution is -0.116. The monoisotopic (exact) mass is 295 g/mol. The predicted molar refractivity (Wildman–Crippen MR) is 73.7 cm³/mol. The molecule has 0 aliphatic carbocycles. The smallest absolute Gasteiger partial charge is 0.236 e. The van der Waals surface area contributed by atoms with E-state index in [-0.39, 0.29) is 18.1 Å². The Morgan fingerprint density at radius 1 is 1.11 bits per heavy atom. The summed E-state index contributed by atoms with van der Waals surface area (Å²) in [5, 5.41) is 0.774. The zero-order valence-electron chi connectivity index (χ0n) is 9.66. The second-order valence-electron chi connectivity index (χ2n) is 4.25. The molecule has 2 aromatic rings. The van der Waals surface area contributed by atoms with Crippen molar-refractivity contribution < 1.29 is 9.18 Å². The van der Waals surface area contributed by atoms with E-state index in [2.05, 4.69) is 0 Å². The first-order valence-electron chi connectivity index (χ1n) is 5.63. The lowest BCUT2D eigenvalue weighted by atomic mass is 10.1. The highest BCUT2D eigenvalue weighted by molar-refractivity contribution is 6.40. The molecule has 5 heteroatoms. The number of hydrogen-bond donors (Lipinski definition) is 0. The van der Waals surface area contributed by atoms with Crippen LogP contribution in [0.1, 0.15) is 5.56 Å². The van der Waals surface area contributed by atoms with Crippen LogP contribution in [0.4, 0.5) is 15.8 Å². The molecule has 0 N–H and O–H groups in total. The van der Waals surface area contributed by atoms with Crippen LogP contribution in [0.15, 0.2) is 36.4 Å². The summed E-state index contributed by atoms with van der Waals surface area (Å²) < 4.78 is 13.2. The second kappa shape index (κ2) is 4.51. The number of hydrogen-bond acceptors (Lipinski definition) is 1. The van der Waals surface area contributed by atoms with Gasteiger partial charge in [0.2, 0.25) is 5.91 Å². The van der Waals surface area contributed by atoms with Gasteiger partial charge in [0.15, 0.2) is 0 Å². The van der Waals surface area contributed by atoms with Gasteiger partial charge in [-0.2, -0.15) is 0 Å². The van der Waals surface area contributed by atoms with E-state index in [1.807, 2.05) is 0 Å². The van der Waals surface area contributed by atoms with Crippen molar-refractivity contribution in [2.75, 3.05) is 4.90 Å². The van der Waals surface area contributed by atoms with E-state index in [4.69, 9.17) is 23.2 Å². The maximum atomic E-state index is 13.2. The Balaban J connectivity index is 2.20. The lowest BCUT2D eigenvalue weighted by Crippen LogP contribution is -2.21. The Morgan fingerprint density at radius 3 is 2.47 bits per heavy atom. The molecule has 0 saturated carbocycles. The average molecular weight is 296 g/mol. The van der Waals surface area contributed by atoms with Crippen molar-refractivity contribution in [2.45, 2.75) is 6.42 Å². The lowest BCUT2D eigenvalue weighted by Gasteiger charge is -2.20. The van der Waals surface area contributed by atoms with Gasteiger partial charge in [0.1, 0.15) is 5.82 Å². The van der Waals surface area contributed by atoms with Crippen molar-refractivity contribution in [3.63, 3.8) is 0 Å². The summed E-state index contributed by atoms with van der Waals surface area (Å²) in [7, 11) is 0. The van der Waals surface area contributed by atoms with Crippen LogP contribution in [-0.4, -0.2) is 5.91 Å². The molecule has 0 atom stereocenters. The minimum absolute atomic E-state index is 0.147. The Kier molecular flexibility index (Phi) is 2.96. The molecule has 0 unspecified atom stereocenters. The number of halogens is 3. The molecule has 3 rings (SSSR count). The molecule has 2 aromatic carbocycles. The zero-order valence-corrected chi connectivity index (χ0v) is 11.2. The molecule has 19 heavy (non-hydrogen) atoms. The van der Waals surface area contributed by atoms with Gasteiger partial charge < -0.3 is 0 Å². The minimum atomic E-state index is -0.362. The Labute approximate surface area is 119 Å². The van der Waals surface area contributed by atoms with Crippen LogP contribution in [0.2, 0.25) is 10.0 Å². The van der Waals surface area contributed by atoms with E-state index in [1.54, 1.807) is 24.3 Å². The molecule has 1 aliphatic rings. The van der Waals surface area contributed by atoms with Gasteiger partial charge in [-0.25, -0.2) is 4.39 Å². The first kappa shape index (κ1) is 12.5. The molecule has 1 amide bonds. The fourth-order valence-corrected chi connectivity index (χ4v) is 2.80. The molecule has 0 bridgehead atoms. The molecule has 0 aromatic heterocycles. The van der Waals surface area contributed by atoms with Crippen LogP contribution in [0, 0.1) is 5.82 Å². The van der Waals surface area contributed by atoms with Gasteiger partial charge in [-0.05, 0) is 35.9 Å². The number of nitrogens with zero attached hydrogens (tertiary/aromatic N) is 1. The average Bonchev–Trinajstić information content (AvgIpc) is 2.65. The summed E-state index contributed by atoms with van der Waals surface area (Å²) in [5.74, 6) is -0.533. The van der Waals surface area contributed by atoms with Gasteiger partial charge in [0, 0.05) is 0 Å². The number of rotatable bonds is 1. The third-order valence-corrected chi connectivity index (χ3v) is 3.64. The van der Waals surface area contributed by atoms with Crippen molar-refractivity contribution in [2.24, 2.45) is 0 Å². The number of fused-ring (bicyclic) bond motifs is 1. The summed E-state index contributed by atoms with van der Waals surface area (Å²) in [6.07, 6.45) is 0.147. The van der Waals surface area contributed by atoms with Crippen molar-refractivity contribution in [1.29, 1.82) is 0 Å². The number of carbonyl (C=O) groups excluding carboxylic acids is 1. The Morgan fingerprint density at radius 2 is 1.79 bits per heavy atom. The van der Waals surface area contributed by atoms with Gasteiger partial charge in [-0.1, -0.05) is 29.3 Å². The Hall–Kier alpha value is -1.58. The molecule has 2 nitrogen and oxygen atoms in total. The summed E-state index contributed by atoms with van der Waals surface area (Å²) in [6.45, 7) is 0. The quantitative estimate of drug-likeness (QED) is 0.766. The molecule has 1 heterocycles. The molecule has 96 valence electrons. The summed E-state index contributed by atoms with van der Waals surface area (Å²) >= 11 is 12.2. The molecule has 0 radical (unpaired) electrons. The van der Waals surface area contributed by atoms with Gasteiger partial charge in [0.05, 0.1) is 27.8 Å². The molecule has 0 fully saturated rings. The fraction of sp³-hybridized carbons (Fsp3) is 0.0714. The highest BCUT2D eigenvalue weighted by Crippen LogP contribution is 2.42. The van der Waals surface area contributed by atoms with E-state index in [9.17, 15) is 9.18 Å². The molecule has 0 saturated heterocycles. The molecular weight excluding hydrogens is 288 g/mol. The topological polar surface area (TPSA) is 20.3 Å². The molecular formula is C14H8Cl2FNO. The van der Waals surface area contributed by atoms with Gasteiger partial charge in [-0.3, -0.25) is 9.69 Å². The molecule has 0 spiro atoms. The second-order valence-corrected chi connectivity index (χ2v) is 5.06. The van der Waals surface area contributed by atoms with Crippen LogP contribution in [0.25, 0.3) is 0 Å². The normalized spacial score (nSPS) is 13.8. The Bertz CT molecular complexity index is 667. The fourth-order valence-electron chi connectivity index (χ4n) is 2.24. The van der Waals surface area contributed by atoms with Crippen LogP contribution in [-0.2, 0) is 11.2 Å². The highest BCUT2D eigenvalue weighted by Gasteiger charge is 2.31. The first-order chi connectivity index (χ1) is 9.08. The van der Waals surface area contributed by atoms with Crippen molar-refractivity contribution >= 4 is 40.5 Å². The zero-order chi connectivity index (χ0) is 13.6.